The second-order valence-corrected chi connectivity index (χ2v) is 25.1. The molecule has 8 aromatic carbocycles. The first-order valence-electron chi connectivity index (χ1n) is 27.3. The molecule has 0 saturated carbocycles. The quantitative estimate of drug-likeness (QED) is 0.112. The van der Waals surface area contributed by atoms with Gasteiger partial charge < -0.3 is 0 Å². The van der Waals surface area contributed by atoms with Crippen molar-refractivity contribution in [3.05, 3.63) is 226 Å². The summed E-state index contributed by atoms with van der Waals surface area (Å²) in [6.45, 7) is 20.7. The van der Waals surface area contributed by atoms with Gasteiger partial charge in [0, 0.05) is 6.20 Å². The van der Waals surface area contributed by atoms with Gasteiger partial charge in [0.1, 0.15) is 0 Å². The van der Waals surface area contributed by atoms with E-state index in [9.17, 15) is 0 Å². The van der Waals surface area contributed by atoms with E-state index in [1.54, 1.807) is 0 Å². The molecule has 388 valence electrons. The molecule has 1 aliphatic rings. The van der Waals surface area contributed by atoms with Crippen LogP contribution in [-0.2, 0) is 42.0 Å². The van der Waals surface area contributed by atoms with E-state index < -0.39 is 0 Å². The zero-order valence-corrected chi connectivity index (χ0v) is 48.0. The number of rotatable bonds is 8. The Morgan fingerprint density at radius 2 is 1.14 bits per heavy atom. The van der Waals surface area contributed by atoms with Crippen LogP contribution >= 0.6 is 0 Å². The van der Waals surface area contributed by atoms with Crippen LogP contribution in [0.5, 0.6) is 11.5 Å². The van der Waals surface area contributed by atoms with Crippen LogP contribution in [0.15, 0.2) is 182 Å². The van der Waals surface area contributed by atoms with Gasteiger partial charge in [-0.2, -0.15) is 0 Å². The van der Waals surface area contributed by atoms with E-state index in [2.05, 4.69) is 283 Å². The molecule has 0 N–H and O–H groups in total. The number of fused-ring (bicyclic) bond motifs is 5. The molecule has 3 aromatic heterocycles. The Hall–Kier alpha value is -7.33. The van der Waals surface area contributed by atoms with E-state index in [-0.39, 0.29) is 22.3 Å². The predicted molar refractivity (Wildman–Crippen MR) is 315 cm³/mol. The van der Waals surface area contributed by atoms with Gasteiger partial charge in [0.2, 0.25) is 0 Å². The predicted octanol–water partition coefficient (Wildman–Crippen LogP) is 18.6. The van der Waals surface area contributed by atoms with Crippen LogP contribution in [0.3, 0.4) is 0 Å². The standard InChI is InChI=1S/C71H66N4O.Pt/c1-69(2,3)52-37-38-72-67(43-52)75-63-36-32-50(47-21-12-10-13-22-47)41-61(63)59-35-34-56(45-66(59)75)76-55-33-31-49-25-16-17-28-62(60(49)44-55)73-46-74(65-30-19-18-29-64(65)73)68-57(48-23-14-11-15-24-48)26-20-27-58(68)51-39-53(70(4,5)6)42-54(40-51)71(7,8)9;/h10-15,18-24,26-27,29-43,62H,16-17,25,28H2,1-9H3;/q-2;. The average molecular weight is 1190 g/mol. The third kappa shape index (κ3) is 9.45. The van der Waals surface area contributed by atoms with Gasteiger partial charge in [-0.15, -0.1) is 0 Å². The normalized spacial score (nSPS) is 14.3. The van der Waals surface area contributed by atoms with E-state index in [1.807, 2.05) is 6.20 Å². The molecule has 0 spiro atoms. The monoisotopic (exact) mass is 1190 g/mol. The van der Waals surface area contributed by atoms with Gasteiger partial charge in [0.25, 0.3) is 0 Å². The van der Waals surface area contributed by atoms with E-state index in [4.69, 9.17) is 9.72 Å². The summed E-state index contributed by atoms with van der Waals surface area (Å²) in [5.41, 5.74) is 19.0. The maximum absolute atomic E-state index is 6.96. The summed E-state index contributed by atoms with van der Waals surface area (Å²) >= 11 is 2.63. The van der Waals surface area contributed by atoms with Crippen molar-refractivity contribution < 1.29 is 24.1 Å². The third-order valence-corrected chi connectivity index (χ3v) is 16.8. The molecule has 11 aromatic rings. The van der Waals surface area contributed by atoms with Gasteiger partial charge in [0.15, 0.2) is 0 Å². The van der Waals surface area contributed by atoms with Crippen LogP contribution in [0, 0.1) is 15.9 Å². The SMILES string of the molecule is CC(C)(C)c1cc(-c2cccc(-c3ccccc3)c2-n2[c](=[Pt])n(C3CCCCc4ccc(Oc5[c-]c6c(cc5)c5cc(-c7ccccc7)ccc5n6-c5cc(C(C)(C)C)ccn5)[c-]c43)c3ccccc32)cc(C(C)(C)C)c1. The maximum atomic E-state index is 6.96. The molecule has 1 atom stereocenters. The number of nitrogens with zero attached hydrogens (tertiary/aromatic N) is 4. The number of benzene rings is 8. The van der Waals surface area contributed by atoms with E-state index in [0.717, 1.165) is 57.1 Å². The molecule has 0 amide bonds. The minimum atomic E-state index is -0.0517. The Morgan fingerprint density at radius 3 is 1.84 bits per heavy atom. The summed E-state index contributed by atoms with van der Waals surface area (Å²) in [7, 11) is 0. The zero-order valence-electron chi connectivity index (χ0n) is 45.7. The number of hydrogen-bond donors (Lipinski definition) is 0. The van der Waals surface area contributed by atoms with Crippen molar-refractivity contribution >= 4 is 32.8 Å². The molecule has 0 saturated heterocycles. The van der Waals surface area contributed by atoms with Gasteiger partial charge in [0.05, 0.1) is 0 Å². The molecule has 6 heteroatoms. The van der Waals surface area contributed by atoms with E-state index in [0.29, 0.717) is 11.5 Å². The first kappa shape index (κ1) is 50.5. The van der Waals surface area contributed by atoms with Crippen LogP contribution in [0.25, 0.3) is 77.7 Å². The molecule has 0 fully saturated rings. The Labute approximate surface area is 465 Å². The summed E-state index contributed by atoms with van der Waals surface area (Å²) in [6, 6.07) is 72.1. The van der Waals surface area contributed by atoms with Crippen molar-refractivity contribution in [1.82, 2.24) is 18.7 Å². The minimum absolute atomic E-state index is 0.00715. The zero-order chi connectivity index (χ0) is 53.4. The third-order valence-electron chi connectivity index (χ3n) is 15.7. The van der Waals surface area contributed by atoms with Crippen molar-refractivity contribution in [2.45, 2.75) is 110 Å². The fourth-order valence-corrected chi connectivity index (χ4v) is 12.6. The molecule has 3 heterocycles. The summed E-state index contributed by atoms with van der Waals surface area (Å²) in [4.78, 5) is 4.99. The fraction of sp³-hybridized carbons (Fsp3) is 0.239. The Balaban J connectivity index is 1.01. The van der Waals surface area contributed by atoms with Crippen molar-refractivity contribution in [2.24, 2.45) is 0 Å². The van der Waals surface area contributed by atoms with Gasteiger partial charge in [-0.3, -0.25) is 0 Å². The number of aromatic nitrogens is 4. The molecule has 0 aliphatic heterocycles. The van der Waals surface area contributed by atoms with Gasteiger partial charge in [-0.05, 0) is 40.3 Å². The molecule has 1 aliphatic carbocycles. The van der Waals surface area contributed by atoms with Crippen molar-refractivity contribution in [1.29, 1.82) is 0 Å². The van der Waals surface area contributed by atoms with Crippen molar-refractivity contribution in [2.75, 3.05) is 0 Å². The molecule has 0 radical (unpaired) electrons. The second-order valence-electron chi connectivity index (χ2n) is 24.1. The fourth-order valence-electron chi connectivity index (χ4n) is 11.5. The Bertz CT molecular complexity index is 4070. The number of aryl methyl sites for hydroxylation is 1. The Kier molecular flexibility index (Phi) is 12.8. The average Bonchev–Trinajstić information content (AvgIpc) is 4.08. The summed E-state index contributed by atoms with van der Waals surface area (Å²) < 4.78 is 15.5. The van der Waals surface area contributed by atoms with Gasteiger partial charge in [-0.25, -0.2) is 4.98 Å². The first-order chi connectivity index (χ1) is 37.0. The first-order valence-corrected chi connectivity index (χ1v) is 28.4. The van der Waals surface area contributed by atoms with Crippen molar-refractivity contribution in [3.8, 4) is 56.4 Å². The van der Waals surface area contributed by atoms with Crippen LogP contribution in [-0.4, -0.2) is 18.7 Å². The second kappa shape index (κ2) is 19.6. The summed E-state index contributed by atoms with van der Waals surface area (Å²) in [6.07, 6.45) is 6.10. The van der Waals surface area contributed by atoms with Gasteiger partial charge >= 0.3 is 353 Å². The van der Waals surface area contributed by atoms with E-state index >= 15 is 0 Å². The topological polar surface area (TPSA) is 36.9 Å². The van der Waals surface area contributed by atoms with Crippen LogP contribution in [0.2, 0.25) is 0 Å². The Morgan fingerprint density at radius 1 is 0.506 bits per heavy atom. The molecule has 0 bridgehead atoms. The summed E-state index contributed by atoms with van der Waals surface area (Å²) in [5.74, 6) is 2.17. The van der Waals surface area contributed by atoms with Crippen molar-refractivity contribution in [3.63, 3.8) is 0 Å². The van der Waals surface area contributed by atoms with E-state index in [1.165, 1.54) is 77.9 Å². The van der Waals surface area contributed by atoms with Crippen LogP contribution < -0.4 is 4.74 Å². The number of imidazole rings is 1. The molecular weight excluding hydrogens is 1120 g/mol. The number of hydrogen-bond acceptors (Lipinski definition) is 2. The summed E-state index contributed by atoms with van der Waals surface area (Å²) in [5, 5.41) is 2.24. The molecule has 12 rings (SSSR count). The molecular formula is C71H66N4OPt-2. The number of ether oxygens (including phenoxy) is 1. The molecule has 1 unspecified atom stereocenters. The van der Waals surface area contributed by atoms with Gasteiger partial charge in [-0.1, -0.05) is 63.2 Å². The number of para-hydroxylation sites is 3. The van der Waals surface area contributed by atoms with Crippen LogP contribution in [0.4, 0.5) is 0 Å². The van der Waals surface area contributed by atoms with Crippen LogP contribution in [0.1, 0.15) is 115 Å². The molecule has 77 heavy (non-hydrogen) atoms. The molecule has 5 nitrogen and oxygen atoms in total. The number of pyridine rings is 1.